The van der Waals surface area contributed by atoms with Gasteiger partial charge in [0.1, 0.15) is 5.75 Å². The minimum Gasteiger partial charge on any atom is -0.497 e. The first kappa shape index (κ1) is 19.0. The Morgan fingerprint density at radius 3 is 2.59 bits per heavy atom. The molecule has 2 aromatic rings. The molecule has 0 bridgehead atoms. The molecule has 1 aliphatic carbocycles. The van der Waals surface area contributed by atoms with Crippen molar-refractivity contribution in [2.75, 3.05) is 20.8 Å². The molecule has 0 atom stereocenters. The number of rotatable bonds is 7. The fourth-order valence-corrected chi connectivity index (χ4v) is 3.24. The fourth-order valence-electron chi connectivity index (χ4n) is 3.24. The predicted octanol–water partition coefficient (Wildman–Crippen LogP) is 5.10. The number of benzene rings is 2. The van der Waals surface area contributed by atoms with Crippen molar-refractivity contribution in [2.45, 2.75) is 32.6 Å². The van der Waals surface area contributed by atoms with Gasteiger partial charge in [0, 0.05) is 11.1 Å². The molecular formula is C23H26O4. The number of aryl methyl sites for hydroxylation is 1. The summed E-state index contributed by atoms with van der Waals surface area (Å²) in [5.74, 6) is 2.30. The van der Waals surface area contributed by atoms with Crippen molar-refractivity contribution in [2.24, 2.45) is 0 Å². The first-order valence-electron chi connectivity index (χ1n) is 9.39. The molecule has 1 aliphatic rings. The SMILES string of the molecule is CCCCOc1ccc(/C=C2\CCc3cc(OC)ccc3C2=O)cc1OC. The van der Waals surface area contributed by atoms with Crippen LogP contribution in [-0.2, 0) is 6.42 Å². The van der Waals surface area contributed by atoms with Crippen LogP contribution in [0.2, 0.25) is 0 Å². The maximum atomic E-state index is 12.9. The van der Waals surface area contributed by atoms with Crippen LogP contribution in [0.3, 0.4) is 0 Å². The second-order valence-corrected chi connectivity index (χ2v) is 6.63. The lowest BCUT2D eigenvalue weighted by atomic mass is 9.86. The number of hydrogen-bond donors (Lipinski definition) is 0. The minimum absolute atomic E-state index is 0.0844. The Morgan fingerprint density at radius 1 is 1.00 bits per heavy atom. The Morgan fingerprint density at radius 2 is 1.85 bits per heavy atom. The highest BCUT2D eigenvalue weighted by atomic mass is 16.5. The van der Waals surface area contributed by atoms with Gasteiger partial charge in [0.05, 0.1) is 20.8 Å². The molecule has 4 nitrogen and oxygen atoms in total. The number of Topliss-reactive ketones (excluding diaryl/α,β-unsaturated/α-hetero) is 1. The van der Waals surface area contributed by atoms with Crippen molar-refractivity contribution < 1.29 is 19.0 Å². The monoisotopic (exact) mass is 366 g/mol. The van der Waals surface area contributed by atoms with E-state index in [1.165, 1.54) is 0 Å². The maximum Gasteiger partial charge on any atom is 0.189 e. The van der Waals surface area contributed by atoms with Gasteiger partial charge in [-0.1, -0.05) is 19.4 Å². The van der Waals surface area contributed by atoms with E-state index >= 15 is 0 Å². The highest BCUT2D eigenvalue weighted by Crippen LogP contribution is 2.32. The van der Waals surface area contributed by atoms with Gasteiger partial charge in [-0.15, -0.1) is 0 Å². The normalized spacial score (nSPS) is 14.8. The molecule has 142 valence electrons. The zero-order valence-electron chi connectivity index (χ0n) is 16.2. The third-order valence-electron chi connectivity index (χ3n) is 4.80. The van der Waals surface area contributed by atoms with E-state index in [9.17, 15) is 4.79 Å². The zero-order valence-corrected chi connectivity index (χ0v) is 16.2. The number of hydrogen-bond acceptors (Lipinski definition) is 4. The molecule has 0 amide bonds. The summed E-state index contributed by atoms with van der Waals surface area (Å²) in [7, 11) is 3.27. The van der Waals surface area contributed by atoms with Gasteiger partial charge in [-0.05, 0) is 66.8 Å². The lowest BCUT2D eigenvalue weighted by Gasteiger charge is -2.18. The van der Waals surface area contributed by atoms with E-state index in [1.807, 2.05) is 42.5 Å². The highest BCUT2D eigenvalue weighted by molar-refractivity contribution is 6.13. The summed E-state index contributed by atoms with van der Waals surface area (Å²) in [4.78, 5) is 12.9. The van der Waals surface area contributed by atoms with Crippen LogP contribution in [0.5, 0.6) is 17.2 Å². The molecule has 3 rings (SSSR count). The van der Waals surface area contributed by atoms with E-state index < -0.39 is 0 Å². The van der Waals surface area contributed by atoms with Crippen molar-refractivity contribution in [1.29, 1.82) is 0 Å². The quantitative estimate of drug-likeness (QED) is 0.505. The zero-order chi connectivity index (χ0) is 19.2. The van der Waals surface area contributed by atoms with Crippen molar-refractivity contribution in [3.8, 4) is 17.2 Å². The van der Waals surface area contributed by atoms with Crippen LogP contribution in [0.25, 0.3) is 6.08 Å². The highest BCUT2D eigenvalue weighted by Gasteiger charge is 2.22. The molecule has 0 spiro atoms. The lowest BCUT2D eigenvalue weighted by molar-refractivity contribution is 0.102. The smallest absolute Gasteiger partial charge is 0.189 e. The predicted molar refractivity (Wildman–Crippen MR) is 107 cm³/mol. The second kappa shape index (κ2) is 8.76. The van der Waals surface area contributed by atoms with Gasteiger partial charge in [-0.25, -0.2) is 0 Å². The Kier molecular flexibility index (Phi) is 6.17. The van der Waals surface area contributed by atoms with Crippen LogP contribution < -0.4 is 14.2 Å². The van der Waals surface area contributed by atoms with Gasteiger partial charge in [-0.2, -0.15) is 0 Å². The number of carbonyl (C=O) groups excluding carboxylic acids is 1. The van der Waals surface area contributed by atoms with Crippen LogP contribution in [0.15, 0.2) is 42.0 Å². The number of unbranched alkanes of at least 4 members (excludes halogenated alkanes) is 1. The van der Waals surface area contributed by atoms with Crippen LogP contribution in [-0.4, -0.2) is 26.6 Å². The number of ketones is 1. The van der Waals surface area contributed by atoms with E-state index in [2.05, 4.69) is 6.92 Å². The van der Waals surface area contributed by atoms with E-state index in [1.54, 1.807) is 14.2 Å². The minimum atomic E-state index is 0.0844. The van der Waals surface area contributed by atoms with Crippen molar-refractivity contribution in [3.05, 3.63) is 58.7 Å². The molecule has 0 radical (unpaired) electrons. The number of ether oxygens (including phenoxy) is 3. The third-order valence-corrected chi connectivity index (χ3v) is 4.80. The van der Waals surface area contributed by atoms with Crippen molar-refractivity contribution >= 4 is 11.9 Å². The molecule has 0 aromatic heterocycles. The van der Waals surface area contributed by atoms with Crippen LogP contribution in [0.1, 0.15) is 47.7 Å². The van der Waals surface area contributed by atoms with Crippen LogP contribution >= 0.6 is 0 Å². The molecule has 0 aliphatic heterocycles. The van der Waals surface area contributed by atoms with E-state index in [4.69, 9.17) is 14.2 Å². The largest absolute Gasteiger partial charge is 0.497 e. The van der Waals surface area contributed by atoms with Crippen LogP contribution in [0, 0.1) is 0 Å². The van der Waals surface area contributed by atoms with E-state index in [0.29, 0.717) is 12.4 Å². The molecule has 0 unspecified atom stereocenters. The summed E-state index contributed by atoms with van der Waals surface area (Å²) < 4.78 is 16.5. The Balaban J connectivity index is 1.82. The molecule has 0 saturated heterocycles. The Hall–Kier alpha value is -2.75. The summed E-state index contributed by atoms with van der Waals surface area (Å²) in [6.45, 7) is 2.80. The Labute approximate surface area is 160 Å². The number of allylic oxidation sites excluding steroid dienone is 1. The Bertz CT molecular complexity index is 851. The van der Waals surface area contributed by atoms with Crippen LogP contribution in [0.4, 0.5) is 0 Å². The van der Waals surface area contributed by atoms with Gasteiger partial charge in [-0.3, -0.25) is 4.79 Å². The number of fused-ring (bicyclic) bond motifs is 1. The first-order valence-corrected chi connectivity index (χ1v) is 9.39. The standard InChI is InChI=1S/C23H26O4/c1-4-5-12-27-21-11-6-16(14-22(21)26-3)13-18-8-7-17-15-19(25-2)9-10-20(17)23(18)24/h6,9-11,13-15H,4-5,7-8,12H2,1-3H3/b18-13+. The maximum absolute atomic E-state index is 12.9. The molecule has 0 heterocycles. The molecule has 4 heteroatoms. The average molecular weight is 366 g/mol. The van der Waals surface area contributed by atoms with Gasteiger partial charge >= 0.3 is 0 Å². The van der Waals surface area contributed by atoms with E-state index in [-0.39, 0.29) is 5.78 Å². The number of carbonyl (C=O) groups is 1. The van der Waals surface area contributed by atoms with Gasteiger partial charge in [0.25, 0.3) is 0 Å². The number of methoxy groups -OCH3 is 2. The molecule has 0 fully saturated rings. The summed E-state index contributed by atoms with van der Waals surface area (Å²) >= 11 is 0. The van der Waals surface area contributed by atoms with Gasteiger partial charge in [0.15, 0.2) is 17.3 Å². The molecule has 0 saturated carbocycles. The molecular weight excluding hydrogens is 340 g/mol. The average Bonchev–Trinajstić information content (AvgIpc) is 2.70. The summed E-state index contributed by atoms with van der Waals surface area (Å²) in [6.07, 6.45) is 5.60. The fraction of sp³-hybridized carbons (Fsp3) is 0.348. The summed E-state index contributed by atoms with van der Waals surface area (Å²) in [5.41, 5.74) is 3.57. The first-order chi connectivity index (χ1) is 13.2. The van der Waals surface area contributed by atoms with Gasteiger partial charge < -0.3 is 14.2 Å². The third kappa shape index (κ3) is 4.33. The summed E-state index contributed by atoms with van der Waals surface area (Å²) in [6, 6.07) is 11.4. The second-order valence-electron chi connectivity index (χ2n) is 6.63. The van der Waals surface area contributed by atoms with Crippen molar-refractivity contribution in [1.82, 2.24) is 0 Å². The molecule has 27 heavy (non-hydrogen) atoms. The molecule has 2 aromatic carbocycles. The lowest BCUT2D eigenvalue weighted by Crippen LogP contribution is -2.14. The van der Waals surface area contributed by atoms with Crippen molar-refractivity contribution in [3.63, 3.8) is 0 Å². The van der Waals surface area contributed by atoms with E-state index in [0.717, 1.165) is 59.4 Å². The summed E-state index contributed by atoms with van der Waals surface area (Å²) in [5, 5.41) is 0. The van der Waals surface area contributed by atoms with Gasteiger partial charge in [0.2, 0.25) is 0 Å². The molecule has 0 N–H and O–H groups in total. The topological polar surface area (TPSA) is 44.8 Å².